The van der Waals surface area contributed by atoms with Crippen molar-refractivity contribution in [2.45, 2.75) is 45.6 Å². The molecule has 2 aliphatic heterocycles. The molecule has 6 heteroatoms. The van der Waals surface area contributed by atoms with Crippen LogP contribution in [0, 0.1) is 11.8 Å². The summed E-state index contributed by atoms with van der Waals surface area (Å²) in [5.74, 6) is 1.78. The molecule has 0 aromatic carbocycles. The third-order valence-electron chi connectivity index (χ3n) is 5.64. The van der Waals surface area contributed by atoms with Gasteiger partial charge in [0.2, 0.25) is 11.9 Å². The van der Waals surface area contributed by atoms with E-state index >= 15 is 0 Å². The highest BCUT2D eigenvalue weighted by Gasteiger charge is 2.28. The van der Waals surface area contributed by atoms with Crippen LogP contribution < -0.4 is 10.2 Å². The van der Waals surface area contributed by atoms with Crippen LogP contribution in [0.4, 0.5) is 5.95 Å². The zero-order chi connectivity index (χ0) is 17.6. The maximum absolute atomic E-state index is 12.6. The lowest BCUT2D eigenvalue weighted by atomic mass is 9.97. The van der Waals surface area contributed by atoms with Gasteiger partial charge in [-0.2, -0.15) is 0 Å². The van der Waals surface area contributed by atoms with Gasteiger partial charge < -0.3 is 10.2 Å². The summed E-state index contributed by atoms with van der Waals surface area (Å²) in [7, 11) is 0. The van der Waals surface area contributed by atoms with Gasteiger partial charge in [-0.15, -0.1) is 0 Å². The maximum atomic E-state index is 12.6. The van der Waals surface area contributed by atoms with Crippen LogP contribution >= 0.6 is 0 Å². The van der Waals surface area contributed by atoms with E-state index in [9.17, 15) is 4.79 Å². The minimum absolute atomic E-state index is 0.0335. The molecule has 138 valence electrons. The molecule has 3 rings (SSSR count). The Morgan fingerprint density at radius 2 is 1.96 bits per heavy atom. The average molecular weight is 345 g/mol. The summed E-state index contributed by atoms with van der Waals surface area (Å²) < 4.78 is 0. The van der Waals surface area contributed by atoms with Crippen molar-refractivity contribution < 1.29 is 4.79 Å². The summed E-state index contributed by atoms with van der Waals surface area (Å²) in [6, 6.07) is 2.23. The van der Waals surface area contributed by atoms with E-state index < -0.39 is 0 Å². The van der Waals surface area contributed by atoms with Gasteiger partial charge >= 0.3 is 0 Å². The first-order chi connectivity index (χ1) is 12.1. The van der Waals surface area contributed by atoms with E-state index in [2.05, 4.69) is 38.9 Å². The predicted molar refractivity (Wildman–Crippen MR) is 99.4 cm³/mol. The van der Waals surface area contributed by atoms with Crippen LogP contribution in [-0.4, -0.2) is 59.5 Å². The molecular formula is C19H31N5O. The van der Waals surface area contributed by atoms with E-state index in [-0.39, 0.29) is 11.8 Å². The van der Waals surface area contributed by atoms with Gasteiger partial charge in [0.25, 0.3) is 0 Å². The summed E-state index contributed by atoms with van der Waals surface area (Å²) in [5.41, 5.74) is 0. The first-order valence-electron chi connectivity index (χ1n) is 9.67. The zero-order valence-electron chi connectivity index (χ0n) is 15.5. The first kappa shape index (κ1) is 18.1. The van der Waals surface area contributed by atoms with Crippen molar-refractivity contribution >= 4 is 11.9 Å². The van der Waals surface area contributed by atoms with Gasteiger partial charge in [-0.05, 0) is 57.7 Å². The van der Waals surface area contributed by atoms with Crippen molar-refractivity contribution in [3.63, 3.8) is 0 Å². The molecule has 6 nitrogen and oxygen atoms in total. The molecule has 0 aliphatic carbocycles. The Morgan fingerprint density at radius 1 is 1.24 bits per heavy atom. The molecule has 3 heterocycles. The SMILES string of the molecule is CC1CCN([C@H](C)CNC(=O)[C@H]2CCCN(c3ncccn3)C2)CC1. The lowest BCUT2D eigenvalue weighted by Gasteiger charge is -2.36. The Hall–Kier alpha value is -1.69. The summed E-state index contributed by atoms with van der Waals surface area (Å²) in [6.45, 7) is 9.24. The molecule has 2 fully saturated rings. The number of carbonyl (C=O) groups is 1. The van der Waals surface area contributed by atoms with Gasteiger partial charge in [0.1, 0.15) is 0 Å². The van der Waals surface area contributed by atoms with Crippen LogP contribution in [0.3, 0.4) is 0 Å². The number of aromatic nitrogens is 2. The number of amides is 1. The Bertz CT molecular complexity index is 544. The fourth-order valence-corrected chi connectivity index (χ4v) is 3.82. The number of hydrogen-bond donors (Lipinski definition) is 1. The van der Waals surface area contributed by atoms with Crippen molar-refractivity contribution in [1.82, 2.24) is 20.2 Å². The molecule has 0 unspecified atom stereocenters. The van der Waals surface area contributed by atoms with Crippen molar-refractivity contribution in [2.24, 2.45) is 11.8 Å². The highest BCUT2D eigenvalue weighted by Crippen LogP contribution is 2.21. The third kappa shape index (κ3) is 4.91. The Labute approximate surface area is 151 Å². The van der Waals surface area contributed by atoms with Crippen molar-refractivity contribution in [3.8, 4) is 0 Å². The molecule has 25 heavy (non-hydrogen) atoms. The lowest BCUT2D eigenvalue weighted by molar-refractivity contribution is -0.125. The van der Waals surface area contributed by atoms with Gasteiger partial charge in [0.15, 0.2) is 0 Å². The fraction of sp³-hybridized carbons (Fsp3) is 0.737. The lowest BCUT2D eigenvalue weighted by Crippen LogP contribution is -2.48. The number of piperidine rings is 2. The quantitative estimate of drug-likeness (QED) is 0.883. The molecule has 2 saturated heterocycles. The summed E-state index contributed by atoms with van der Waals surface area (Å²) >= 11 is 0. The zero-order valence-corrected chi connectivity index (χ0v) is 15.5. The number of hydrogen-bond acceptors (Lipinski definition) is 5. The monoisotopic (exact) mass is 345 g/mol. The number of nitrogens with one attached hydrogen (secondary N) is 1. The van der Waals surface area contributed by atoms with Crippen LogP contribution in [-0.2, 0) is 4.79 Å². The predicted octanol–water partition coefficient (Wildman–Crippen LogP) is 1.93. The van der Waals surface area contributed by atoms with Crippen molar-refractivity contribution in [1.29, 1.82) is 0 Å². The molecule has 2 aliphatic rings. The van der Waals surface area contributed by atoms with Gasteiger partial charge in [-0.3, -0.25) is 9.69 Å². The van der Waals surface area contributed by atoms with Crippen LogP contribution in [0.15, 0.2) is 18.5 Å². The molecule has 0 bridgehead atoms. The Balaban J connectivity index is 1.46. The van der Waals surface area contributed by atoms with E-state index in [1.807, 2.05) is 6.07 Å². The van der Waals surface area contributed by atoms with Crippen molar-refractivity contribution in [2.75, 3.05) is 37.6 Å². The van der Waals surface area contributed by atoms with E-state index in [4.69, 9.17) is 0 Å². The number of carbonyl (C=O) groups excluding carboxylic acids is 1. The first-order valence-corrected chi connectivity index (χ1v) is 9.67. The molecule has 0 radical (unpaired) electrons. The normalized spacial score (nSPS) is 24.1. The number of rotatable bonds is 5. The van der Waals surface area contributed by atoms with E-state index in [0.717, 1.165) is 50.9 Å². The number of likely N-dealkylation sites (tertiary alicyclic amines) is 1. The smallest absolute Gasteiger partial charge is 0.225 e. The fourth-order valence-electron chi connectivity index (χ4n) is 3.82. The summed E-state index contributed by atoms with van der Waals surface area (Å²) in [6.07, 6.45) is 8.01. The number of nitrogens with zero attached hydrogens (tertiary/aromatic N) is 4. The average Bonchev–Trinajstić information content (AvgIpc) is 2.67. The molecular weight excluding hydrogens is 314 g/mol. The second-order valence-corrected chi connectivity index (χ2v) is 7.65. The molecule has 0 spiro atoms. The van der Waals surface area contributed by atoms with E-state index in [1.165, 1.54) is 12.8 Å². The Kier molecular flexibility index (Phi) is 6.24. The largest absolute Gasteiger partial charge is 0.354 e. The summed E-state index contributed by atoms with van der Waals surface area (Å²) in [4.78, 5) is 25.9. The van der Waals surface area contributed by atoms with Gasteiger partial charge in [-0.1, -0.05) is 6.92 Å². The molecule has 1 aromatic rings. The van der Waals surface area contributed by atoms with Crippen LogP contribution in [0.5, 0.6) is 0 Å². The molecule has 1 aromatic heterocycles. The van der Waals surface area contributed by atoms with Crippen molar-refractivity contribution in [3.05, 3.63) is 18.5 Å². The molecule has 1 amide bonds. The van der Waals surface area contributed by atoms with E-state index in [0.29, 0.717) is 12.6 Å². The third-order valence-corrected chi connectivity index (χ3v) is 5.64. The molecule has 2 atom stereocenters. The minimum atomic E-state index is 0.0335. The second-order valence-electron chi connectivity index (χ2n) is 7.65. The van der Waals surface area contributed by atoms with Crippen LogP contribution in [0.2, 0.25) is 0 Å². The number of anilines is 1. The topological polar surface area (TPSA) is 61.4 Å². The highest BCUT2D eigenvalue weighted by molar-refractivity contribution is 5.79. The highest BCUT2D eigenvalue weighted by atomic mass is 16.1. The molecule has 1 N–H and O–H groups in total. The standard InChI is InChI=1S/C19H31N5O/c1-15-6-11-23(12-7-15)16(2)13-22-18(25)17-5-3-10-24(14-17)19-20-8-4-9-21-19/h4,8-9,15-17H,3,5-7,10-14H2,1-2H3,(H,22,25)/t16-,17+/m1/s1. The van der Waals surface area contributed by atoms with Gasteiger partial charge in [-0.25, -0.2) is 9.97 Å². The van der Waals surface area contributed by atoms with Gasteiger partial charge in [0, 0.05) is 38.1 Å². The second kappa shape index (κ2) is 8.61. The molecule has 0 saturated carbocycles. The van der Waals surface area contributed by atoms with E-state index in [1.54, 1.807) is 12.4 Å². The van der Waals surface area contributed by atoms with Crippen LogP contribution in [0.25, 0.3) is 0 Å². The summed E-state index contributed by atoms with van der Waals surface area (Å²) in [5, 5.41) is 3.18. The maximum Gasteiger partial charge on any atom is 0.225 e. The van der Waals surface area contributed by atoms with Crippen LogP contribution in [0.1, 0.15) is 39.5 Å². The Morgan fingerprint density at radius 3 is 2.68 bits per heavy atom. The van der Waals surface area contributed by atoms with Gasteiger partial charge in [0.05, 0.1) is 5.92 Å². The minimum Gasteiger partial charge on any atom is -0.354 e.